The predicted molar refractivity (Wildman–Crippen MR) is 109 cm³/mol. The Labute approximate surface area is 173 Å². The third-order valence-corrected chi connectivity index (χ3v) is 6.43. The fourth-order valence-corrected chi connectivity index (χ4v) is 4.59. The molecule has 29 heavy (non-hydrogen) atoms. The average Bonchev–Trinajstić information content (AvgIpc) is 3.19. The Morgan fingerprint density at radius 3 is 2.90 bits per heavy atom. The lowest BCUT2D eigenvalue weighted by Gasteiger charge is -2.16. The second-order valence-electron chi connectivity index (χ2n) is 6.51. The minimum Gasteiger partial charge on any atom is -0.490 e. The number of hydrogen-bond donors (Lipinski definition) is 1. The number of aromatic nitrogens is 2. The smallest absolute Gasteiger partial charge is 0.262 e. The number of fused-ring (bicyclic) bond motifs is 1. The third kappa shape index (κ3) is 3.99. The Morgan fingerprint density at radius 1 is 1.24 bits per heavy atom. The number of rotatable bonds is 6. The molecule has 0 atom stereocenters. The number of pyridine rings is 2. The molecule has 1 aliphatic rings. The molecule has 7 nitrogen and oxygen atoms in total. The van der Waals surface area contributed by atoms with Crippen LogP contribution in [0.15, 0.2) is 53.8 Å². The average molecular weight is 432 g/mol. The molecule has 0 saturated carbocycles. The Morgan fingerprint density at radius 2 is 2.10 bits per heavy atom. The van der Waals surface area contributed by atoms with Gasteiger partial charge >= 0.3 is 0 Å². The molecule has 1 N–H and O–H groups in total. The lowest BCUT2D eigenvalue weighted by Crippen LogP contribution is -2.16. The number of halogens is 1. The lowest BCUT2D eigenvalue weighted by molar-refractivity contribution is 0.292. The van der Waals surface area contributed by atoms with Crippen LogP contribution in [-0.2, 0) is 23.1 Å². The van der Waals surface area contributed by atoms with E-state index in [4.69, 9.17) is 21.1 Å². The van der Waals surface area contributed by atoms with Gasteiger partial charge in [0.05, 0.1) is 11.5 Å². The minimum atomic E-state index is -3.94. The maximum absolute atomic E-state index is 13.1. The first kappa shape index (κ1) is 19.5. The highest BCUT2D eigenvalue weighted by molar-refractivity contribution is 7.92. The molecular weight excluding hydrogens is 414 g/mol. The number of nitrogens with zero attached hydrogens (tertiary/aromatic N) is 2. The Hall–Kier alpha value is -2.84. The van der Waals surface area contributed by atoms with Crippen molar-refractivity contribution in [3.05, 3.63) is 70.6 Å². The van der Waals surface area contributed by atoms with Gasteiger partial charge in [-0.15, -0.1) is 0 Å². The summed E-state index contributed by atoms with van der Waals surface area (Å²) in [6, 6.07) is 8.38. The summed E-state index contributed by atoms with van der Waals surface area (Å²) in [4.78, 5) is 8.43. The largest absolute Gasteiger partial charge is 0.490 e. The Kier molecular flexibility index (Phi) is 5.29. The fourth-order valence-electron chi connectivity index (χ4n) is 3.03. The molecule has 4 rings (SSSR count). The molecule has 3 aromatic rings. The zero-order valence-corrected chi connectivity index (χ0v) is 17.1. The van der Waals surface area contributed by atoms with E-state index < -0.39 is 10.0 Å². The molecule has 3 heterocycles. The van der Waals surface area contributed by atoms with Crippen molar-refractivity contribution in [2.45, 2.75) is 24.8 Å². The summed E-state index contributed by atoms with van der Waals surface area (Å²) in [5, 5.41) is 0.369. The van der Waals surface area contributed by atoms with E-state index in [1.807, 2.05) is 6.07 Å². The minimum absolute atomic E-state index is 0.0822. The first-order valence-electron chi connectivity index (χ1n) is 8.90. The van der Waals surface area contributed by atoms with E-state index in [0.717, 1.165) is 11.1 Å². The first-order chi connectivity index (χ1) is 14.0. The Balaban J connectivity index is 1.70. The van der Waals surface area contributed by atoms with E-state index in [9.17, 15) is 8.42 Å². The number of sulfonamides is 1. The van der Waals surface area contributed by atoms with Gasteiger partial charge in [-0.1, -0.05) is 23.7 Å². The van der Waals surface area contributed by atoms with Gasteiger partial charge in [-0.3, -0.25) is 9.71 Å². The number of ether oxygens (including phenoxy) is 2. The second-order valence-corrected chi connectivity index (χ2v) is 8.57. The van der Waals surface area contributed by atoms with Crippen LogP contribution in [0.4, 0.5) is 5.69 Å². The monoisotopic (exact) mass is 431 g/mol. The van der Waals surface area contributed by atoms with Crippen molar-refractivity contribution in [1.29, 1.82) is 0 Å². The quantitative estimate of drug-likeness (QED) is 0.639. The second kappa shape index (κ2) is 7.88. The highest BCUT2D eigenvalue weighted by atomic mass is 35.5. The van der Waals surface area contributed by atoms with Crippen LogP contribution < -0.4 is 14.2 Å². The molecule has 0 amide bonds. The molecule has 0 spiro atoms. The van der Waals surface area contributed by atoms with Gasteiger partial charge in [0.1, 0.15) is 6.61 Å². The van der Waals surface area contributed by atoms with E-state index in [-0.39, 0.29) is 23.1 Å². The number of benzene rings is 1. The van der Waals surface area contributed by atoms with Crippen LogP contribution in [0.3, 0.4) is 0 Å². The van der Waals surface area contributed by atoms with Crippen molar-refractivity contribution in [3.63, 3.8) is 0 Å². The van der Waals surface area contributed by atoms with Crippen LogP contribution >= 0.6 is 11.6 Å². The van der Waals surface area contributed by atoms with Gasteiger partial charge in [0.2, 0.25) is 5.88 Å². The molecule has 150 valence electrons. The summed E-state index contributed by atoms with van der Waals surface area (Å²) in [5.74, 6) is 0.571. The van der Waals surface area contributed by atoms with Crippen molar-refractivity contribution >= 4 is 27.3 Å². The molecule has 0 saturated heterocycles. The molecule has 0 bridgehead atoms. The normalized spacial score (nSPS) is 12.9. The van der Waals surface area contributed by atoms with E-state index in [2.05, 4.69) is 14.7 Å². The molecule has 0 fully saturated rings. The van der Waals surface area contributed by atoms with Crippen molar-refractivity contribution < 1.29 is 17.9 Å². The topological polar surface area (TPSA) is 90.4 Å². The number of anilines is 1. The van der Waals surface area contributed by atoms with E-state index in [0.29, 0.717) is 29.4 Å². The molecular formula is C20H18ClN3O4S. The molecule has 2 aromatic heterocycles. The summed E-state index contributed by atoms with van der Waals surface area (Å²) in [7, 11) is -3.94. The van der Waals surface area contributed by atoms with E-state index in [1.165, 1.54) is 6.07 Å². The summed E-state index contributed by atoms with van der Waals surface area (Å²) in [6.07, 6.45) is 5.63. The standard InChI is InChI=1S/C20H18ClN3O4S/c1-13-16(21)5-2-6-17(13)29(25,26)24-18-19-15(7-9-27-19)11-23-20(18)28-12-14-4-3-8-22-10-14/h2-6,8,10-11,24H,7,9,12H2,1H3. The maximum Gasteiger partial charge on any atom is 0.262 e. The van der Waals surface area contributed by atoms with Crippen molar-refractivity contribution in [1.82, 2.24) is 9.97 Å². The van der Waals surface area contributed by atoms with Crippen molar-refractivity contribution in [2.75, 3.05) is 11.3 Å². The van der Waals surface area contributed by atoms with Gasteiger partial charge in [-0.2, -0.15) is 0 Å². The van der Waals surface area contributed by atoms with Crippen LogP contribution in [0.1, 0.15) is 16.7 Å². The van der Waals surface area contributed by atoms with Gasteiger partial charge in [-0.25, -0.2) is 13.4 Å². The van der Waals surface area contributed by atoms with Crippen LogP contribution in [0, 0.1) is 6.92 Å². The first-order valence-corrected chi connectivity index (χ1v) is 10.8. The van der Waals surface area contributed by atoms with Crippen molar-refractivity contribution in [3.8, 4) is 11.6 Å². The molecule has 1 aromatic carbocycles. The molecule has 0 radical (unpaired) electrons. The van der Waals surface area contributed by atoms with Gasteiger partial charge in [-0.05, 0) is 30.7 Å². The molecule has 9 heteroatoms. The van der Waals surface area contributed by atoms with Gasteiger partial charge in [0.25, 0.3) is 10.0 Å². The molecule has 0 aliphatic carbocycles. The molecule has 0 unspecified atom stereocenters. The maximum atomic E-state index is 13.1. The zero-order chi connectivity index (χ0) is 20.4. The van der Waals surface area contributed by atoms with Crippen molar-refractivity contribution in [2.24, 2.45) is 0 Å². The third-order valence-electron chi connectivity index (χ3n) is 4.53. The zero-order valence-electron chi connectivity index (χ0n) is 15.6. The van der Waals surface area contributed by atoms with E-state index in [1.54, 1.807) is 43.7 Å². The fraction of sp³-hybridized carbons (Fsp3) is 0.200. The Bertz CT molecular complexity index is 1150. The van der Waals surface area contributed by atoms with Gasteiger partial charge in [0, 0.05) is 41.2 Å². The molecule has 1 aliphatic heterocycles. The van der Waals surface area contributed by atoms with Crippen LogP contribution in [-0.4, -0.2) is 25.0 Å². The summed E-state index contributed by atoms with van der Waals surface area (Å²) in [6.45, 7) is 2.29. The SMILES string of the molecule is Cc1c(Cl)cccc1S(=O)(=O)Nc1c(OCc2cccnc2)ncc2c1OCC2. The summed E-state index contributed by atoms with van der Waals surface area (Å²) >= 11 is 6.11. The van der Waals surface area contributed by atoms with Crippen LogP contribution in [0.5, 0.6) is 11.6 Å². The predicted octanol–water partition coefficient (Wildman–Crippen LogP) is 3.75. The van der Waals surface area contributed by atoms with Gasteiger partial charge < -0.3 is 9.47 Å². The highest BCUT2D eigenvalue weighted by Crippen LogP contribution is 2.41. The highest BCUT2D eigenvalue weighted by Gasteiger charge is 2.27. The number of hydrogen-bond acceptors (Lipinski definition) is 6. The van der Waals surface area contributed by atoms with E-state index >= 15 is 0 Å². The van der Waals surface area contributed by atoms with Gasteiger partial charge in [0.15, 0.2) is 11.4 Å². The summed E-state index contributed by atoms with van der Waals surface area (Å²) in [5.41, 5.74) is 2.29. The lowest BCUT2D eigenvalue weighted by atomic mass is 10.2. The summed E-state index contributed by atoms with van der Waals surface area (Å²) < 4.78 is 40.2. The number of nitrogens with one attached hydrogen (secondary N) is 1. The van der Waals surface area contributed by atoms with Crippen LogP contribution in [0.25, 0.3) is 0 Å². The van der Waals surface area contributed by atoms with Crippen LogP contribution in [0.2, 0.25) is 5.02 Å².